The van der Waals surface area contributed by atoms with E-state index in [1.807, 2.05) is 13.8 Å². The third-order valence-electron chi connectivity index (χ3n) is 2.66. The van der Waals surface area contributed by atoms with E-state index in [1.165, 1.54) is 12.1 Å². The van der Waals surface area contributed by atoms with Gasteiger partial charge in [-0.3, -0.25) is 4.79 Å². The Hall–Kier alpha value is -2.23. The smallest absolute Gasteiger partial charge is 0.196 e. The molecule has 2 aromatic carbocycles. The van der Waals surface area contributed by atoms with Crippen LogP contribution >= 0.6 is 0 Å². The Bertz CT molecular complexity index is 619. The van der Waals surface area contributed by atoms with Crippen molar-refractivity contribution in [2.45, 2.75) is 20.0 Å². The van der Waals surface area contributed by atoms with Crippen LogP contribution in [0, 0.1) is 11.6 Å². The lowest BCUT2D eigenvalue weighted by atomic mass is 10.0. The summed E-state index contributed by atoms with van der Waals surface area (Å²) in [7, 11) is 0. The Morgan fingerprint density at radius 3 is 2.30 bits per heavy atom. The van der Waals surface area contributed by atoms with Crippen molar-refractivity contribution in [1.29, 1.82) is 0 Å². The summed E-state index contributed by atoms with van der Waals surface area (Å²) in [6, 6.07) is 9.14. The summed E-state index contributed by atoms with van der Waals surface area (Å²) in [6.07, 6.45) is 0.0252. The normalized spacial score (nSPS) is 10.7. The van der Waals surface area contributed by atoms with Crippen molar-refractivity contribution in [2.24, 2.45) is 0 Å². The van der Waals surface area contributed by atoms with Crippen molar-refractivity contribution >= 4 is 5.78 Å². The molecule has 104 valence electrons. The van der Waals surface area contributed by atoms with Crippen LogP contribution in [0.2, 0.25) is 0 Å². The van der Waals surface area contributed by atoms with Crippen molar-refractivity contribution in [1.82, 2.24) is 0 Å². The van der Waals surface area contributed by atoms with Gasteiger partial charge >= 0.3 is 0 Å². The molecule has 0 aliphatic heterocycles. The molecule has 0 amide bonds. The summed E-state index contributed by atoms with van der Waals surface area (Å²) in [6.45, 7) is 3.78. The van der Waals surface area contributed by atoms with Crippen LogP contribution in [0.4, 0.5) is 8.78 Å². The monoisotopic (exact) mass is 276 g/mol. The molecule has 0 spiro atoms. The quantitative estimate of drug-likeness (QED) is 0.789. The topological polar surface area (TPSA) is 26.3 Å². The van der Waals surface area contributed by atoms with E-state index in [0.29, 0.717) is 5.75 Å². The molecule has 0 bridgehead atoms. The molecule has 0 fully saturated rings. The van der Waals surface area contributed by atoms with E-state index in [1.54, 1.807) is 12.1 Å². The van der Waals surface area contributed by atoms with Crippen LogP contribution in [-0.2, 0) is 0 Å². The first-order chi connectivity index (χ1) is 9.47. The first-order valence-corrected chi connectivity index (χ1v) is 6.24. The number of rotatable bonds is 4. The second-order valence-electron chi connectivity index (χ2n) is 4.64. The summed E-state index contributed by atoms with van der Waals surface area (Å²) < 4.78 is 32.1. The van der Waals surface area contributed by atoms with E-state index in [9.17, 15) is 13.6 Å². The first kappa shape index (κ1) is 14.2. The van der Waals surface area contributed by atoms with Crippen LogP contribution in [0.15, 0.2) is 42.5 Å². The Labute approximate surface area is 116 Å². The molecule has 0 unspecified atom stereocenters. The third kappa shape index (κ3) is 3.20. The van der Waals surface area contributed by atoms with Gasteiger partial charge in [0, 0.05) is 5.56 Å². The van der Waals surface area contributed by atoms with Crippen molar-refractivity contribution in [3.63, 3.8) is 0 Å². The zero-order chi connectivity index (χ0) is 14.7. The maximum Gasteiger partial charge on any atom is 0.196 e. The summed E-state index contributed by atoms with van der Waals surface area (Å²) in [5, 5.41) is 0. The van der Waals surface area contributed by atoms with Gasteiger partial charge in [-0.05, 0) is 56.3 Å². The fourth-order valence-corrected chi connectivity index (χ4v) is 1.78. The number of benzene rings is 2. The minimum Gasteiger partial charge on any atom is -0.491 e. The van der Waals surface area contributed by atoms with Crippen molar-refractivity contribution in [2.75, 3.05) is 0 Å². The highest BCUT2D eigenvalue weighted by Gasteiger charge is 2.15. The largest absolute Gasteiger partial charge is 0.491 e. The molecule has 0 radical (unpaired) electrons. The van der Waals surface area contributed by atoms with Crippen molar-refractivity contribution in [3.05, 3.63) is 65.2 Å². The van der Waals surface area contributed by atoms with Crippen LogP contribution < -0.4 is 4.74 Å². The fourth-order valence-electron chi connectivity index (χ4n) is 1.78. The standard InChI is InChI=1S/C16H14F2O2/c1-10(2)20-13-6-3-11(4-7-13)16(19)14-9-12(17)5-8-15(14)18/h3-10H,1-2H3. The molecule has 2 aromatic rings. The maximum absolute atomic E-state index is 13.5. The van der Waals surface area contributed by atoms with E-state index < -0.39 is 17.4 Å². The lowest BCUT2D eigenvalue weighted by Gasteiger charge is -2.10. The molecule has 2 rings (SSSR count). The van der Waals surface area contributed by atoms with Crippen LogP contribution in [0.25, 0.3) is 0 Å². The van der Waals surface area contributed by atoms with Gasteiger partial charge < -0.3 is 4.74 Å². The average Bonchev–Trinajstić information content (AvgIpc) is 2.41. The van der Waals surface area contributed by atoms with Crippen molar-refractivity contribution < 1.29 is 18.3 Å². The molecule has 4 heteroatoms. The van der Waals surface area contributed by atoms with E-state index in [2.05, 4.69) is 0 Å². The van der Waals surface area contributed by atoms with Crippen LogP contribution in [0.5, 0.6) is 5.75 Å². The predicted molar refractivity (Wildman–Crippen MR) is 72.0 cm³/mol. The molecule has 0 N–H and O–H groups in total. The van der Waals surface area contributed by atoms with E-state index in [4.69, 9.17) is 4.74 Å². The highest BCUT2D eigenvalue weighted by atomic mass is 19.1. The second-order valence-corrected chi connectivity index (χ2v) is 4.64. The van der Waals surface area contributed by atoms with Crippen LogP contribution in [0.3, 0.4) is 0 Å². The van der Waals surface area contributed by atoms with E-state index in [-0.39, 0.29) is 17.2 Å². The Morgan fingerprint density at radius 2 is 1.70 bits per heavy atom. The molecule has 0 atom stereocenters. The molecular formula is C16H14F2O2. The maximum atomic E-state index is 13.5. The molecular weight excluding hydrogens is 262 g/mol. The van der Waals surface area contributed by atoms with Gasteiger partial charge in [-0.2, -0.15) is 0 Å². The summed E-state index contributed by atoms with van der Waals surface area (Å²) in [4.78, 5) is 12.1. The lowest BCUT2D eigenvalue weighted by Crippen LogP contribution is -2.07. The predicted octanol–water partition coefficient (Wildman–Crippen LogP) is 3.98. The van der Waals surface area contributed by atoms with Gasteiger partial charge in [0.15, 0.2) is 5.78 Å². The number of carbonyl (C=O) groups is 1. The molecule has 0 saturated heterocycles. The van der Waals surface area contributed by atoms with Gasteiger partial charge in [-0.1, -0.05) is 0 Å². The number of ketones is 1. The highest BCUT2D eigenvalue weighted by molar-refractivity contribution is 6.09. The number of halogens is 2. The number of hydrogen-bond donors (Lipinski definition) is 0. The molecule has 0 aliphatic carbocycles. The fraction of sp³-hybridized carbons (Fsp3) is 0.188. The van der Waals surface area contributed by atoms with Crippen molar-refractivity contribution in [3.8, 4) is 5.75 Å². The highest BCUT2D eigenvalue weighted by Crippen LogP contribution is 2.18. The van der Waals surface area contributed by atoms with Gasteiger partial charge in [0.2, 0.25) is 0 Å². The molecule has 0 aliphatic rings. The van der Waals surface area contributed by atoms with E-state index in [0.717, 1.165) is 18.2 Å². The molecule has 0 saturated carbocycles. The molecule has 0 aromatic heterocycles. The number of carbonyl (C=O) groups excluding carboxylic acids is 1. The van der Waals surface area contributed by atoms with Gasteiger partial charge in [0.1, 0.15) is 17.4 Å². The number of ether oxygens (including phenoxy) is 1. The molecule has 2 nitrogen and oxygen atoms in total. The molecule has 20 heavy (non-hydrogen) atoms. The average molecular weight is 276 g/mol. The zero-order valence-corrected chi connectivity index (χ0v) is 11.2. The second kappa shape index (κ2) is 5.82. The minimum absolute atomic E-state index is 0.0252. The van der Waals surface area contributed by atoms with Gasteiger partial charge in [-0.25, -0.2) is 8.78 Å². The van der Waals surface area contributed by atoms with Gasteiger partial charge in [0.25, 0.3) is 0 Å². The van der Waals surface area contributed by atoms with Crippen LogP contribution in [0.1, 0.15) is 29.8 Å². The Balaban J connectivity index is 2.27. The van der Waals surface area contributed by atoms with Gasteiger partial charge in [0.05, 0.1) is 11.7 Å². The van der Waals surface area contributed by atoms with Gasteiger partial charge in [-0.15, -0.1) is 0 Å². The molecule has 0 heterocycles. The number of hydrogen-bond acceptors (Lipinski definition) is 2. The Kier molecular flexibility index (Phi) is 4.13. The summed E-state index contributed by atoms with van der Waals surface area (Å²) in [5.74, 6) is -1.32. The summed E-state index contributed by atoms with van der Waals surface area (Å²) >= 11 is 0. The third-order valence-corrected chi connectivity index (χ3v) is 2.66. The minimum atomic E-state index is -0.737. The first-order valence-electron chi connectivity index (χ1n) is 6.24. The van der Waals surface area contributed by atoms with E-state index >= 15 is 0 Å². The Morgan fingerprint density at radius 1 is 1.05 bits per heavy atom. The lowest BCUT2D eigenvalue weighted by molar-refractivity contribution is 0.103. The summed E-state index contributed by atoms with van der Waals surface area (Å²) in [5.41, 5.74) is 0.00753. The zero-order valence-electron chi connectivity index (χ0n) is 11.2. The van der Waals surface area contributed by atoms with Crippen LogP contribution in [-0.4, -0.2) is 11.9 Å². The SMILES string of the molecule is CC(C)Oc1ccc(C(=O)c2cc(F)ccc2F)cc1.